The number of H-pyrrole nitrogens is 3. The molecular weight excluding hydrogens is 908 g/mol. The molecule has 0 unspecified atom stereocenters. The number of carboxylic acid groups (broad SMARTS) is 1. The van der Waals surface area contributed by atoms with Gasteiger partial charge in [0, 0.05) is 55.8 Å². The van der Waals surface area contributed by atoms with E-state index in [9.17, 15) is 19.2 Å². The highest BCUT2D eigenvalue weighted by molar-refractivity contribution is 7.16. The topological polar surface area (TPSA) is 185 Å². The van der Waals surface area contributed by atoms with Crippen LogP contribution >= 0.6 is 45.9 Å². The quantitative estimate of drug-likeness (QED) is 0.0823. The van der Waals surface area contributed by atoms with Crippen LogP contribution in [0.3, 0.4) is 0 Å². The Morgan fingerprint density at radius 2 is 1.22 bits per heavy atom. The molecule has 2 aromatic carbocycles. The first-order valence-electron chi connectivity index (χ1n) is 19.8. The maximum atomic E-state index is 13.4. The summed E-state index contributed by atoms with van der Waals surface area (Å²) in [6.07, 6.45) is 6.20. The number of aryl methyl sites for hydroxylation is 4. The molecule has 0 amide bonds. The van der Waals surface area contributed by atoms with Crippen molar-refractivity contribution >= 4 is 69.9 Å². The van der Waals surface area contributed by atoms with Crippen LogP contribution in [0, 0.1) is 0 Å². The zero-order chi connectivity index (χ0) is 46.5. The van der Waals surface area contributed by atoms with E-state index in [4.69, 9.17) is 37.8 Å². The number of carbonyl (C=O) groups is 2. The summed E-state index contributed by atoms with van der Waals surface area (Å²) in [5.74, 6) is -0.417. The number of methoxy groups -OCH3 is 2. The number of hydrogen-bond donors (Lipinski definition) is 4. The second-order valence-corrected chi connectivity index (χ2v) is 17.5. The Hall–Kier alpha value is -7.04. The SMILES string of the molecule is C=Cc1cc(-c2cc(CCc3ccc(Cl)s3)[nH]n2)cc(=O)[nH]1.C=Cc1cc(-c2cc(CCc3ccc(Cl)s3)n(C(=O)c3ccccc3OC)n2)cc(=O)[nH]1.COc1ccccc1C(=O)O. The van der Waals surface area contributed by atoms with Gasteiger partial charge in [0.15, 0.2) is 0 Å². The highest BCUT2D eigenvalue weighted by atomic mass is 35.5. The molecule has 65 heavy (non-hydrogen) atoms. The molecule has 4 N–H and O–H groups in total. The van der Waals surface area contributed by atoms with E-state index in [1.165, 1.54) is 53.3 Å². The van der Waals surface area contributed by atoms with Crippen molar-refractivity contribution in [3.63, 3.8) is 0 Å². The summed E-state index contributed by atoms with van der Waals surface area (Å²) in [4.78, 5) is 55.3. The van der Waals surface area contributed by atoms with Crippen molar-refractivity contribution in [3.8, 4) is 34.0 Å². The number of nitrogens with zero attached hydrogens (tertiary/aromatic N) is 3. The van der Waals surface area contributed by atoms with Crippen molar-refractivity contribution in [2.24, 2.45) is 0 Å². The van der Waals surface area contributed by atoms with Gasteiger partial charge in [-0.05, 0) is 111 Å². The number of aromatic nitrogens is 6. The third-order valence-corrected chi connectivity index (χ3v) is 12.2. The first kappa shape index (κ1) is 47.4. The highest BCUT2D eigenvalue weighted by Gasteiger charge is 2.21. The molecule has 8 rings (SSSR count). The molecule has 6 aromatic heterocycles. The third-order valence-electron chi connectivity index (χ3n) is 9.57. The molecule has 6 heterocycles. The lowest BCUT2D eigenvalue weighted by atomic mass is 10.1. The Balaban J connectivity index is 0.000000182. The molecule has 0 atom stereocenters. The van der Waals surface area contributed by atoms with Gasteiger partial charge in [-0.15, -0.1) is 22.7 Å². The molecule has 0 aliphatic heterocycles. The number of thiophene rings is 2. The van der Waals surface area contributed by atoms with Crippen molar-refractivity contribution in [1.29, 1.82) is 0 Å². The van der Waals surface area contributed by atoms with Crippen molar-refractivity contribution in [2.45, 2.75) is 25.7 Å². The second-order valence-electron chi connectivity index (χ2n) is 13.9. The van der Waals surface area contributed by atoms with Gasteiger partial charge in [-0.2, -0.15) is 10.2 Å². The molecule has 0 radical (unpaired) electrons. The van der Waals surface area contributed by atoms with Gasteiger partial charge in [-0.25, -0.2) is 9.48 Å². The smallest absolute Gasteiger partial charge is 0.339 e. The largest absolute Gasteiger partial charge is 0.496 e. The predicted molar refractivity (Wildman–Crippen MR) is 259 cm³/mol. The summed E-state index contributed by atoms with van der Waals surface area (Å²) in [7, 11) is 2.97. The predicted octanol–water partition coefficient (Wildman–Crippen LogP) is 10.4. The standard InChI is InChI=1S/C24H20ClN3O3S.C16H14ClN3OS.C8H8O3/c1-3-16-12-15(13-23(29)26-16)20-14-17(8-9-18-10-11-22(25)32-18)28(27-20)24(30)19-6-4-5-7-21(19)31-2;1-2-11-7-10(8-16(21)18-11)14-9-12(19-20-14)3-4-13-5-6-15(17)22-13;1-11-7-5-3-2-4-6(7)8(9)10/h3-7,10-14H,1,8-9H2,2H3,(H,26,29);2,5-9H,1,3-4H2,(H,18,21)(H,19,20);2-5H,1H3,(H,9,10). The van der Waals surface area contributed by atoms with Crippen molar-refractivity contribution < 1.29 is 24.2 Å². The maximum Gasteiger partial charge on any atom is 0.339 e. The molecule has 8 aromatic rings. The Labute approximate surface area is 391 Å². The molecule has 0 spiro atoms. The summed E-state index contributed by atoms with van der Waals surface area (Å²) in [6.45, 7) is 7.38. The van der Waals surface area contributed by atoms with Crippen LogP contribution in [0.5, 0.6) is 11.5 Å². The fourth-order valence-electron chi connectivity index (χ4n) is 6.44. The average Bonchev–Trinajstić information content (AvgIpc) is 4.15. The van der Waals surface area contributed by atoms with E-state index >= 15 is 0 Å². The van der Waals surface area contributed by atoms with E-state index in [1.54, 1.807) is 72.0 Å². The van der Waals surface area contributed by atoms with Crippen LogP contribution < -0.4 is 20.6 Å². The minimum Gasteiger partial charge on any atom is -0.496 e. The lowest BCUT2D eigenvalue weighted by Crippen LogP contribution is -2.18. The van der Waals surface area contributed by atoms with Crippen LogP contribution in [0.15, 0.2) is 132 Å². The normalized spacial score (nSPS) is 10.5. The molecule has 17 heteroatoms. The Morgan fingerprint density at radius 3 is 1.72 bits per heavy atom. The van der Waals surface area contributed by atoms with Gasteiger partial charge in [0.2, 0.25) is 11.1 Å². The lowest BCUT2D eigenvalue weighted by Gasteiger charge is -2.09. The van der Waals surface area contributed by atoms with Crippen LogP contribution in [0.2, 0.25) is 8.67 Å². The van der Waals surface area contributed by atoms with E-state index in [0.29, 0.717) is 52.5 Å². The molecule has 0 aliphatic rings. The van der Waals surface area contributed by atoms with E-state index < -0.39 is 5.97 Å². The number of hydrogen-bond acceptors (Lipinski definition) is 10. The molecule has 0 aliphatic carbocycles. The van der Waals surface area contributed by atoms with Crippen LogP contribution in [-0.2, 0) is 25.7 Å². The lowest BCUT2D eigenvalue weighted by molar-refractivity contribution is 0.0693. The molecule has 13 nitrogen and oxygen atoms in total. The van der Waals surface area contributed by atoms with Crippen LogP contribution in [-0.4, -0.2) is 61.1 Å². The van der Waals surface area contributed by atoms with Crippen LogP contribution in [0.4, 0.5) is 0 Å². The summed E-state index contributed by atoms with van der Waals surface area (Å²) < 4.78 is 13.1. The van der Waals surface area contributed by atoms with Crippen molar-refractivity contribution in [2.75, 3.05) is 14.2 Å². The first-order chi connectivity index (χ1) is 31.4. The second kappa shape index (κ2) is 22.5. The summed E-state index contributed by atoms with van der Waals surface area (Å²) >= 11 is 15.1. The first-order valence-corrected chi connectivity index (χ1v) is 22.2. The zero-order valence-electron chi connectivity index (χ0n) is 35.1. The molecular formula is C48H42Cl2N6O7S2. The van der Waals surface area contributed by atoms with Gasteiger partial charge in [-0.1, -0.05) is 60.6 Å². The zero-order valence-corrected chi connectivity index (χ0v) is 38.2. The monoisotopic (exact) mass is 948 g/mol. The number of benzene rings is 2. The molecule has 0 fully saturated rings. The van der Waals surface area contributed by atoms with Gasteiger partial charge in [0.05, 0.1) is 39.8 Å². The Bertz CT molecular complexity index is 3070. The Morgan fingerprint density at radius 1 is 0.692 bits per heavy atom. The maximum absolute atomic E-state index is 13.4. The van der Waals surface area contributed by atoms with Crippen molar-refractivity contribution in [3.05, 3.63) is 195 Å². The average molecular weight is 950 g/mol. The summed E-state index contributed by atoms with van der Waals surface area (Å²) in [6, 6.07) is 31.7. The minimum absolute atomic E-state index is 0.162. The fraction of sp³-hybridized carbons (Fsp3) is 0.125. The van der Waals surface area contributed by atoms with Gasteiger partial charge in [0.25, 0.3) is 5.91 Å². The summed E-state index contributed by atoms with van der Waals surface area (Å²) in [5.41, 5.74) is 5.85. The third kappa shape index (κ3) is 12.8. The number of halogens is 2. The van der Waals surface area contributed by atoms with Crippen molar-refractivity contribution in [1.82, 2.24) is 29.9 Å². The van der Waals surface area contributed by atoms with Crippen LogP contribution in [0.1, 0.15) is 53.2 Å². The highest BCUT2D eigenvalue weighted by Crippen LogP contribution is 2.27. The number of carboxylic acids is 1. The Kier molecular flexibility index (Phi) is 16.4. The molecule has 0 saturated carbocycles. The number of para-hydroxylation sites is 2. The van der Waals surface area contributed by atoms with Crippen LogP contribution in [0.25, 0.3) is 34.7 Å². The molecule has 0 bridgehead atoms. The minimum atomic E-state index is -0.970. The number of carbonyl (C=O) groups excluding carboxylic acids is 1. The van der Waals surface area contributed by atoms with E-state index in [0.717, 1.165) is 49.0 Å². The number of aromatic carboxylic acids is 1. The van der Waals surface area contributed by atoms with Gasteiger partial charge in [0.1, 0.15) is 17.1 Å². The number of ether oxygens (including phenoxy) is 2. The molecule has 332 valence electrons. The van der Waals surface area contributed by atoms with Gasteiger partial charge < -0.3 is 24.5 Å². The molecule has 0 saturated heterocycles. The van der Waals surface area contributed by atoms with E-state index in [1.807, 2.05) is 42.5 Å². The number of rotatable bonds is 14. The van der Waals surface area contributed by atoms with Gasteiger partial charge >= 0.3 is 5.97 Å². The number of aromatic amines is 3. The number of nitrogens with one attached hydrogen (secondary N) is 3. The van der Waals surface area contributed by atoms with E-state index in [2.05, 4.69) is 38.4 Å². The number of pyridine rings is 2. The summed E-state index contributed by atoms with van der Waals surface area (Å²) in [5, 5.41) is 20.5. The van der Waals surface area contributed by atoms with Gasteiger partial charge in [-0.3, -0.25) is 19.5 Å². The fourth-order valence-corrected chi connectivity index (χ4v) is 8.61. The van der Waals surface area contributed by atoms with E-state index in [-0.39, 0.29) is 22.6 Å².